The van der Waals surface area contributed by atoms with Gasteiger partial charge in [-0.1, -0.05) is 0 Å². The van der Waals surface area contributed by atoms with Crippen LogP contribution in [0.2, 0.25) is 0 Å². The van der Waals surface area contributed by atoms with Crippen LogP contribution in [0.4, 0.5) is 0 Å². The van der Waals surface area contributed by atoms with Crippen molar-refractivity contribution in [1.29, 1.82) is 0 Å². The summed E-state index contributed by atoms with van der Waals surface area (Å²) in [5, 5.41) is 0. The predicted octanol–water partition coefficient (Wildman–Crippen LogP) is -0.931. The van der Waals surface area contributed by atoms with Gasteiger partial charge in [-0.25, -0.2) is 4.57 Å². The fraction of sp³-hybridized carbons (Fsp3) is 0. The average molecular weight is 328 g/mol. The van der Waals surface area contributed by atoms with Crippen molar-refractivity contribution in [2.45, 2.75) is 0 Å². The summed E-state index contributed by atoms with van der Waals surface area (Å²) in [7, 11) is -4.64. The maximum absolute atomic E-state index is 8.88. The summed E-state index contributed by atoms with van der Waals surface area (Å²) in [6, 6.07) is 0. The third-order valence-corrected chi connectivity index (χ3v) is 0. The minimum Gasteiger partial charge on any atom is -0.303 e. The van der Waals surface area contributed by atoms with Crippen LogP contribution in [0, 0.1) is 41.3 Å². The number of hydrogen-bond acceptors (Lipinski definition) is 1. The van der Waals surface area contributed by atoms with Crippen LogP contribution in [0.1, 0.15) is 0 Å². The molecule has 3 N–H and O–H groups in total. The molecule has 38 valence electrons. The number of hydrogen-bond donors (Lipinski definition) is 3. The zero-order chi connectivity index (χ0) is 4.50. The normalized spacial score (nSPS) is 8.43. The maximum atomic E-state index is 8.88. The molecular formula is H3O4PPrY. The fourth-order valence-electron chi connectivity index (χ4n) is 0. The Morgan fingerprint density at radius 1 is 1.14 bits per heavy atom. The van der Waals surface area contributed by atoms with Crippen molar-refractivity contribution in [1.82, 2.24) is 0 Å². The van der Waals surface area contributed by atoms with E-state index in [4.69, 9.17) is 19.2 Å². The summed E-state index contributed by atoms with van der Waals surface area (Å²) >= 11 is 0. The molecule has 0 saturated heterocycles. The summed E-state index contributed by atoms with van der Waals surface area (Å²) in [4.78, 5) is 21.6. The molecule has 0 heterocycles. The standard InChI is InChI=1S/H3O4P.Pr.Y/c1-5(2,3)4;;/h(H3,1,2,3,4);;. The number of rotatable bonds is 0. The van der Waals surface area contributed by atoms with Crippen molar-refractivity contribution in [3.63, 3.8) is 0 Å². The topological polar surface area (TPSA) is 77.8 Å². The van der Waals surface area contributed by atoms with Crippen LogP contribution in [0.3, 0.4) is 0 Å². The Morgan fingerprint density at radius 3 is 1.14 bits per heavy atom. The van der Waals surface area contributed by atoms with Gasteiger partial charge in [-0.05, 0) is 0 Å². The summed E-state index contributed by atoms with van der Waals surface area (Å²) in [6.07, 6.45) is 0. The van der Waals surface area contributed by atoms with Crippen LogP contribution in [-0.4, -0.2) is 14.7 Å². The molecule has 4 nitrogen and oxygen atoms in total. The Morgan fingerprint density at radius 2 is 1.14 bits per heavy atom. The van der Waals surface area contributed by atoms with Crippen LogP contribution in [0.15, 0.2) is 0 Å². The largest absolute Gasteiger partial charge is 0.466 e. The van der Waals surface area contributed by atoms with E-state index >= 15 is 0 Å². The molecule has 7 heavy (non-hydrogen) atoms. The van der Waals surface area contributed by atoms with E-state index in [1.807, 2.05) is 0 Å². The van der Waals surface area contributed by atoms with E-state index in [9.17, 15) is 0 Å². The molecule has 7 heteroatoms. The Labute approximate surface area is 99.1 Å². The van der Waals surface area contributed by atoms with Gasteiger partial charge in [0.1, 0.15) is 0 Å². The molecule has 2 radical (unpaired) electrons. The van der Waals surface area contributed by atoms with Crippen molar-refractivity contribution < 1.29 is 93.2 Å². The molecule has 0 aromatic heterocycles. The summed E-state index contributed by atoms with van der Waals surface area (Å²) in [5.41, 5.74) is 0. The van der Waals surface area contributed by atoms with Crippen LogP contribution >= 0.6 is 7.82 Å². The molecule has 0 aliphatic rings. The van der Waals surface area contributed by atoms with E-state index in [1.165, 1.54) is 0 Å². The van der Waals surface area contributed by atoms with Gasteiger partial charge in [0, 0.05) is 74.0 Å². The van der Waals surface area contributed by atoms with Gasteiger partial charge in [0.2, 0.25) is 0 Å². The van der Waals surface area contributed by atoms with Gasteiger partial charge < -0.3 is 14.7 Å². The van der Waals surface area contributed by atoms with E-state index in [1.54, 1.807) is 0 Å². The van der Waals surface area contributed by atoms with Crippen LogP contribution in [0.5, 0.6) is 0 Å². The molecule has 0 aliphatic carbocycles. The van der Waals surface area contributed by atoms with Gasteiger partial charge in [0.05, 0.1) is 0 Å². The third kappa shape index (κ3) is 55.9. The zero-order valence-corrected chi connectivity index (χ0v) is 10.8. The van der Waals surface area contributed by atoms with Crippen molar-refractivity contribution in [2.75, 3.05) is 0 Å². The molecule has 0 saturated carbocycles. The SMILES string of the molecule is O=P(O)(O)O.[Pr].[Y]. The molecule has 0 aliphatic heterocycles. The summed E-state index contributed by atoms with van der Waals surface area (Å²) in [6.45, 7) is 0. The van der Waals surface area contributed by atoms with Crippen LogP contribution < -0.4 is 0 Å². The molecule has 0 atom stereocenters. The molecule has 0 aromatic carbocycles. The van der Waals surface area contributed by atoms with E-state index in [-0.39, 0.29) is 74.0 Å². The number of phosphoric acid groups is 1. The smallest absolute Gasteiger partial charge is 0.303 e. The Bertz CT molecular complexity index is 57.8. The van der Waals surface area contributed by atoms with E-state index < -0.39 is 7.82 Å². The molecule has 0 rings (SSSR count). The average Bonchev–Trinajstić information content (AvgIpc) is 0.722. The monoisotopic (exact) mass is 328 g/mol. The van der Waals surface area contributed by atoms with Gasteiger partial charge in [0.15, 0.2) is 0 Å². The second kappa shape index (κ2) is 6.69. The predicted molar refractivity (Wildman–Crippen MR) is 14.3 cm³/mol. The van der Waals surface area contributed by atoms with Gasteiger partial charge in [-0.3, -0.25) is 0 Å². The molecule has 0 bridgehead atoms. The van der Waals surface area contributed by atoms with E-state index in [0.29, 0.717) is 0 Å². The molecule has 0 amide bonds. The molecule has 0 unspecified atom stereocenters. The van der Waals surface area contributed by atoms with Crippen molar-refractivity contribution in [3.8, 4) is 0 Å². The molecule has 0 fully saturated rings. The molecule has 0 spiro atoms. The van der Waals surface area contributed by atoms with Gasteiger partial charge in [-0.2, -0.15) is 0 Å². The maximum Gasteiger partial charge on any atom is 0.466 e. The van der Waals surface area contributed by atoms with Crippen molar-refractivity contribution >= 4 is 7.82 Å². The van der Waals surface area contributed by atoms with Gasteiger partial charge in [0.25, 0.3) is 0 Å². The molecular weight excluding hydrogens is 325 g/mol. The second-order valence-corrected chi connectivity index (χ2v) is 1.54. The summed E-state index contributed by atoms with van der Waals surface area (Å²) < 4.78 is 8.88. The third-order valence-electron chi connectivity index (χ3n) is 0. The van der Waals surface area contributed by atoms with E-state index in [2.05, 4.69) is 0 Å². The zero-order valence-electron chi connectivity index (χ0n) is 3.35. The van der Waals surface area contributed by atoms with Gasteiger partial charge in [-0.15, -0.1) is 0 Å². The first-order chi connectivity index (χ1) is 2.00. The first-order valence-electron chi connectivity index (χ1n) is 0.783. The van der Waals surface area contributed by atoms with Crippen LogP contribution in [0.25, 0.3) is 0 Å². The van der Waals surface area contributed by atoms with Crippen LogP contribution in [-0.2, 0) is 37.3 Å². The Balaban J connectivity index is -0.0000000800. The van der Waals surface area contributed by atoms with Crippen molar-refractivity contribution in [3.05, 3.63) is 0 Å². The minimum absolute atomic E-state index is 0. The first-order valence-corrected chi connectivity index (χ1v) is 2.35. The second-order valence-electron chi connectivity index (χ2n) is 0.513. The molecule has 0 aromatic rings. The Hall–Kier alpha value is 2.58. The summed E-state index contributed by atoms with van der Waals surface area (Å²) in [5.74, 6) is 0. The fourth-order valence-corrected chi connectivity index (χ4v) is 0. The Kier molecular flexibility index (Phi) is 15.6. The van der Waals surface area contributed by atoms with Gasteiger partial charge >= 0.3 is 7.82 Å². The minimum atomic E-state index is -4.64. The van der Waals surface area contributed by atoms with Crippen molar-refractivity contribution in [2.24, 2.45) is 0 Å². The van der Waals surface area contributed by atoms with E-state index in [0.717, 1.165) is 0 Å². The first kappa shape index (κ1) is 16.3. The quantitative estimate of drug-likeness (QED) is 0.502.